The third-order valence-corrected chi connectivity index (χ3v) is 2.79. The molecular weight excluding hydrogens is 379 g/mol. The van der Waals surface area contributed by atoms with Crippen molar-refractivity contribution in [2.45, 2.75) is 26.7 Å². The Hall–Kier alpha value is -1.31. The van der Waals surface area contributed by atoms with Gasteiger partial charge in [-0.2, -0.15) is 0 Å². The molecule has 21 heavy (non-hydrogen) atoms. The molecule has 1 rings (SSSR count). The summed E-state index contributed by atoms with van der Waals surface area (Å²) < 4.78 is 0. The third kappa shape index (κ3) is 8.54. The number of carbonyl (C=O) groups is 1. The van der Waals surface area contributed by atoms with Crippen LogP contribution in [-0.2, 0) is 0 Å². The number of unbranched alkanes of at least 4 members (excludes halogenated alkanes) is 1. The lowest BCUT2D eigenvalue weighted by Gasteiger charge is -2.08. The first kappa shape index (κ1) is 19.7. The number of benzene rings is 1. The number of halogens is 1. The van der Waals surface area contributed by atoms with Crippen molar-refractivity contribution >= 4 is 35.8 Å². The molecule has 0 saturated heterocycles. The zero-order valence-corrected chi connectivity index (χ0v) is 15.0. The van der Waals surface area contributed by atoms with Crippen molar-refractivity contribution < 1.29 is 4.79 Å². The molecule has 5 nitrogen and oxygen atoms in total. The van der Waals surface area contributed by atoms with E-state index in [-0.39, 0.29) is 29.9 Å². The summed E-state index contributed by atoms with van der Waals surface area (Å²) in [5.41, 5.74) is 7.44. The van der Waals surface area contributed by atoms with Crippen LogP contribution in [0.3, 0.4) is 0 Å². The fourth-order valence-electron chi connectivity index (χ4n) is 1.67. The maximum atomic E-state index is 11.9. The molecule has 0 aliphatic heterocycles. The smallest absolute Gasteiger partial charge is 0.251 e. The van der Waals surface area contributed by atoms with Crippen LogP contribution < -0.4 is 16.4 Å². The maximum absolute atomic E-state index is 11.9. The average Bonchev–Trinajstić information content (AvgIpc) is 2.43. The molecule has 0 aromatic heterocycles. The van der Waals surface area contributed by atoms with E-state index in [4.69, 9.17) is 5.73 Å². The largest absolute Gasteiger partial charge is 0.370 e. The van der Waals surface area contributed by atoms with Gasteiger partial charge in [0.25, 0.3) is 5.91 Å². The molecule has 4 N–H and O–H groups in total. The van der Waals surface area contributed by atoms with E-state index < -0.39 is 0 Å². The van der Waals surface area contributed by atoms with Crippen LogP contribution in [0.2, 0.25) is 0 Å². The second kappa shape index (κ2) is 11.4. The highest BCUT2D eigenvalue weighted by molar-refractivity contribution is 14.0. The first-order valence-corrected chi connectivity index (χ1v) is 7.02. The van der Waals surface area contributed by atoms with Crippen LogP contribution in [0.25, 0.3) is 0 Å². The number of guanidine groups is 1. The Morgan fingerprint density at radius 3 is 2.67 bits per heavy atom. The molecule has 0 unspecified atom stereocenters. The number of hydrogen-bond donors (Lipinski definition) is 3. The van der Waals surface area contributed by atoms with Crippen LogP contribution in [-0.4, -0.2) is 31.5 Å². The molecule has 1 amide bonds. The van der Waals surface area contributed by atoms with Crippen molar-refractivity contribution in [1.29, 1.82) is 0 Å². The summed E-state index contributed by atoms with van der Waals surface area (Å²) >= 11 is 0. The summed E-state index contributed by atoms with van der Waals surface area (Å²) in [6.07, 6.45) is 2.13. The minimum absolute atomic E-state index is 0. The minimum Gasteiger partial charge on any atom is -0.370 e. The molecule has 0 radical (unpaired) electrons. The number of nitrogens with two attached hydrogens (primary N) is 1. The van der Waals surface area contributed by atoms with E-state index in [2.05, 4.69) is 22.5 Å². The highest BCUT2D eigenvalue weighted by Crippen LogP contribution is 2.03. The Kier molecular flexibility index (Phi) is 10.7. The summed E-state index contributed by atoms with van der Waals surface area (Å²) in [5.74, 6) is 0.361. The van der Waals surface area contributed by atoms with Crippen molar-refractivity contribution in [3.05, 3.63) is 35.4 Å². The van der Waals surface area contributed by atoms with E-state index in [1.807, 2.05) is 25.1 Å². The van der Waals surface area contributed by atoms with Crippen molar-refractivity contribution in [2.24, 2.45) is 10.7 Å². The number of amides is 1. The third-order valence-electron chi connectivity index (χ3n) is 2.79. The number of rotatable bonds is 7. The van der Waals surface area contributed by atoms with Gasteiger partial charge in [0, 0.05) is 25.2 Å². The van der Waals surface area contributed by atoms with Gasteiger partial charge in [0.1, 0.15) is 0 Å². The second-order valence-electron chi connectivity index (χ2n) is 4.67. The van der Waals surface area contributed by atoms with Crippen molar-refractivity contribution in [3.8, 4) is 0 Å². The number of nitrogens with one attached hydrogen (secondary N) is 2. The molecule has 1 aromatic rings. The summed E-state index contributed by atoms with van der Waals surface area (Å²) in [6.45, 7) is 5.90. The summed E-state index contributed by atoms with van der Waals surface area (Å²) in [5, 5.41) is 5.81. The summed E-state index contributed by atoms with van der Waals surface area (Å²) in [4.78, 5) is 16.0. The molecule has 0 spiro atoms. The molecule has 6 heteroatoms. The first-order chi connectivity index (χ1) is 9.63. The molecule has 118 valence electrons. The lowest BCUT2D eigenvalue weighted by molar-refractivity contribution is 0.0954. The fourth-order valence-corrected chi connectivity index (χ4v) is 1.67. The predicted molar refractivity (Wildman–Crippen MR) is 98.3 cm³/mol. The Bertz CT molecular complexity index is 463. The molecule has 0 heterocycles. The van der Waals surface area contributed by atoms with Gasteiger partial charge in [0.15, 0.2) is 5.96 Å². The van der Waals surface area contributed by atoms with Gasteiger partial charge in [-0.15, -0.1) is 24.0 Å². The first-order valence-electron chi connectivity index (χ1n) is 7.02. The van der Waals surface area contributed by atoms with Crippen LogP contribution >= 0.6 is 24.0 Å². The van der Waals surface area contributed by atoms with Gasteiger partial charge in [-0.1, -0.05) is 31.0 Å². The average molecular weight is 404 g/mol. The molecule has 0 aliphatic rings. The highest BCUT2D eigenvalue weighted by Gasteiger charge is 2.03. The number of aryl methyl sites for hydroxylation is 1. The zero-order chi connectivity index (χ0) is 14.8. The Morgan fingerprint density at radius 1 is 1.29 bits per heavy atom. The Balaban J connectivity index is 0.00000400. The minimum atomic E-state index is -0.0722. The van der Waals surface area contributed by atoms with Crippen LogP contribution in [0.4, 0.5) is 0 Å². The van der Waals surface area contributed by atoms with Crippen LogP contribution in [0, 0.1) is 6.92 Å². The van der Waals surface area contributed by atoms with Gasteiger partial charge in [-0.25, -0.2) is 0 Å². The Morgan fingerprint density at radius 2 is 2.00 bits per heavy atom. The maximum Gasteiger partial charge on any atom is 0.251 e. The van der Waals surface area contributed by atoms with Crippen molar-refractivity contribution in [3.63, 3.8) is 0 Å². The quantitative estimate of drug-likeness (QED) is 0.282. The van der Waals surface area contributed by atoms with E-state index in [1.165, 1.54) is 0 Å². The van der Waals surface area contributed by atoms with Crippen LogP contribution in [0.15, 0.2) is 29.3 Å². The van der Waals surface area contributed by atoms with Gasteiger partial charge < -0.3 is 16.4 Å². The molecule has 0 atom stereocenters. The topological polar surface area (TPSA) is 79.5 Å². The molecule has 0 bridgehead atoms. The standard InChI is InChI=1S/C15H24N4O.HI/c1-3-4-8-18-15(16)19-10-9-17-14(20)13-7-5-6-12(2)11-13;/h5-7,11H,3-4,8-10H2,1-2H3,(H,17,20)(H3,16,18,19);1H. The van der Waals surface area contributed by atoms with E-state index in [1.54, 1.807) is 6.07 Å². The van der Waals surface area contributed by atoms with Crippen LogP contribution in [0.5, 0.6) is 0 Å². The normalized spacial score (nSPS) is 10.7. The van der Waals surface area contributed by atoms with Gasteiger partial charge in [-0.3, -0.25) is 9.79 Å². The van der Waals surface area contributed by atoms with E-state index >= 15 is 0 Å². The Labute approximate surface area is 143 Å². The molecule has 0 saturated carbocycles. The zero-order valence-electron chi connectivity index (χ0n) is 12.7. The number of hydrogen-bond acceptors (Lipinski definition) is 2. The van der Waals surface area contributed by atoms with Gasteiger partial charge in [0.2, 0.25) is 0 Å². The molecule has 1 aromatic carbocycles. The van der Waals surface area contributed by atoms with Gasteiger partial charge in [0.05, 0.1) is 0 Å². The van der Waals surface area contributed by atoms with Crippen molar-refractivity contribution in [2.75, 3.05) is 19.6 Å². The van der Waals surface area contributed by atoms with E-state index in [9.17, 15) is 4.79 Å². The summed E-state index contributed by atoms with van der Waals surface area (Å²) in [7, 11) is 0. The van der Waals surface area contributed by atoms with Crippen molar-refractivity contribution in [1.82, 2.24) is 10.6 Å². The van der Waals surface area contributed by atoms with Gasteiger partial charge >= 0.3 is 0 Å². The number of carbonyl (C=O) groups excluding carboxylic acids is 1. The molecule has 0 aliphatic carbocycles. The number of nitrogens with zero attached hydrogens (tertiary/aromatic N) is 1. The monoisotopic (exact) mass is 404 g/mol. The lowest BCUT2D eigenvalue weighted by atomic mass is 10.1. The van der Waals surface area contributed by atoms with E-state index in [0.29, 0.717) is 24.6 Å². The predicted octanol–water partition coefficient (Wildman–Crippen LogP) is 2.05. The lowest BCUT2D eigenvalue weighted by Crippen LogP contribution is -2.38. The van der Waals surface area contributed by atoms with E-state index in [0.717, 1.165) is 24.9 Å². The molecule has 0 fully saturated rings. The SMILES string of the molecule is CCCCN=C(N)NCCNC(=O)c1cccc(C)c1.I. The van der Waals surface area contributed by atoms with Gasteiger partial charge in [-0.05, 0) is 25.5 Å². The molecular formula is C15H25IN4O. The highest BCUT2D eigenvalue weighted by atomic mass is 127. The summed E-state index contributed by atoms with van der Waals surface area (Å²) in [6, 6.07) is 7.51. The van der Waals surface area contributed by atoms with Crippen LogP contribution in [0.1, 0.15) is 35.7 Å². The number of aliphatic imine (C=N–C) groups is 1. The fraction of sp³-hybridized carbons (Fsp3) is 0.467. The second-order valence-corrected chi connectivity index (χ2v) is 4.67.